The Bertz CT molecular complexity index is 1100. The highest BCUT2D eigenvalue weighted by molar-refractivity contribution is 5.94. The number of halogens is 1. The number of benzene rings is 3. The van der Waals surface area contributed by atoms with Crippen LogP contribution in [-0.4, -0.2) is 30.8 Å². The van der Waals surface area contributed by atoms with Crippen molar-refractivity contribution in [1.29, 1.82) is 0 Å². The smallest absolute Gasteiger partial charge is 0.254 e. The van der Waals surface area contributed by atoms with Gasteiger partial charge < -0.3 is 15.1 Å². The first-order valence-electron chi connectivity index (χ1n) is 11.0. The summed E-state index contributed by atoms with van der Waals surface area (Å²) in [6.45, 7) is 4.10. The monoisotopic (exact) mass is 447 g/mol. The second-order valence-electron chi connectivity index (χ2n) is 8.17. The van der Waals surface area contributed by atoms with Crippen LogP contribution in [0.4, 0.5) is 15.8 Å². The van der Waals surface area contributed by atoms with Gasteiger partial charge in [0.05, 0.1) is 6.04 Å². The normalized spacial score (nSPS) is 11.5. The summed E-state index contributed by atoms with van der Waals surface area (Å²) < 4.78 is 13.5. The van der Waals surface area contributed by atoms with E-state index in [0.717, 1.165) is 16.8 Å². The summed E-state index contributed by atoms with van der Waals surface area (Å²) >= 11 is 0. The van der Waals surface area contributed by atoms with E-state index < -0.39 is 0 Å². The molecule has 5 nitrogen and oxygen atoms in total. The van der Waals surface area contributed by atoms with E-state index in [4.69, 9.17) is 0 Å². The van der Waals surface area contributed by atoms with E-state index in [1.165, 1.54) is 24.3 Å². The molecule has 3 rings (SSSR count). The molecule has 6 heteroatoms. The first kappa shape index (κ1) is 24.0. The van der Waals surface area contributed by atoms with Crippen LogP contribution in [0, 0.1) is 5.82 Å². The molecule has 0 heterocycles. The van der Waals surface area contributed by atoms with Gasteiger partial charge in [0.1, 0.15) is 5.82 Å². The Morgan fingerprint density at radius 2 is 1.64 bits per heavy atom. The summed E-state index contributed by atoms with van der Waals surface area (Å²) in [6, 6.07) is 20.9. The number of nitrogens with zero attached hydrogens (tertiary/aromatic N) is 2. The maximum atomic E-state index is 13.6. The molecular weight excluding hydrogens is 417 g/mol. The Kier molecular flexibility index (Phi) is 7.83. The highest BCUT2D eigenvalue weighted by Gasteiger charge is 2.24. The quantitative estimate of drug-likeness (QED) is 0.486. The molecule has 0 aliphatic rings. The summed E-state index contributed by atoms with van der Waals surface area (Å²) in [5.74, 6) is -0.655. The standard InChI is InChI=1S/C27H30FN3O2/c1-5-26(32)29-24-15-16-25(30(3)4)22(17-24)18-31(19(2)20-9-7-6-8-10-20)27(33)21-11-13-23(28)14-12-21/h6-17,19H,5,18H2,1-4H3,(H,29,32)/t19-/m0/s1. The van der Waals surface area contributed by atoms with Crippen LogP contribution in [0.25, 0.3) is 0 Å². The molecule has 1 atom stereocenters. The molecule has 2 amide bonds. The Hall–Kier alpha value is -3.67. The molecule has 0 spiro atoms. The van der Waals surface area contributed by atoms with Gasteiger partial charge in [0.25, 0.3) is 5.91 Å². The van der Waals surface area contributed by atoms with Crippen LogP contribution in [0.15, 0.2) is 72.8 Å². The maximum absolute atomic E-state index is 13.6. The van der Waals surface area contributed by atoms with Crippen molar-refractivity contribution in [2.75, 3.05) is 24.3 Å². The lowest BCUT2D eigenvalue weighted by atomic mass is 10.0. The minimum atomic E-state index is -0.386. The van der Waals surface area contributed by atoms with Gasteiger partial charge in [0, 0.05) is 44.0 Å². The van der Waals surface area contributed by atoms with E-state index in [2.05, 4.69) is 5.32 Å². The molecule has 0 saturated heterocycles. The zero-order chi connectivity index (χ0) is 24.0. The van der Waals surface area contributed by atoms with E-state index >= 15 is 0 Å². The summed E-state index contributed by atoms with van der Waals surface area (Å²) in [6.07, 6.45) is 0.380. The minimum Gasteiger partial charge on any atom is -0.377 e. The number of anilines is 2. The number of hydrogen-bond donors (Lipinski definition) is 1. The van der Waals surface area contributed by atoms with Crippen LogP contribution >= 0.6 is 0 Å². The highest BCUT2D eigenvalue weighted by atomic mass is 19.1. The van der Waals surface area contributed by atoms with Crippen molar-refractivity contribution in [3.05, 3.63) is 95.3 Å². The summed E-state index contributed by atoms with van der Waals surface area (Å²) in [5, 5.41) is 2.90. The third kappa shape index (κ3) is 5.98. The second-order valence-corrected chi connectivity index (χ2v) is 8.17. The molecule has 0 aliphatic heterocycles. The predicted octanol–water partition coefficient (Wildman–Crippen LogP) is 5.64. The summed E-state index contributed by atoms with van der Waals surface area (Å²) in [7, 11) is 3.88. The van der Waals surface area contributed by atoms with Crippen LogP contribution in [-0.2, 0) is 11.3 Å². The fourth-order valence-electron chi connectivity index (χ4n) is 3.71. The molecule has 0 aliphatic carbocycles. The molecule has 1 N–H and O–H groups in total. The SMILES string of the molecule is CCC(=O)Nc1ccc(N(C)C)c(CN(C(=O)c2ccc(F)cc2)[C@@H](C)c2ccccc2)c1. The molecule has 0 saturated carbocycles. The minimum absolute atomic E-state index is 0.0737. The average Bonchev–Trinajstić information content (AvgIpc) is 2.82. The Morgan fingerprint density at radius 3 is 2.24 bits per heavy atom. The van der Waals surface area contributed by atoms with Gasteiger partial charge in [-0.15, -0.1) is 0 Å². The number of hydrogen-bond acceptors (Lipinski definition) is 3. The zero-order valence-corrected chi connectivity index (χ0v) is 19.5. The van der Waals surface area contributed by atoms with Gasteiger partial charge in [-0.3, -0.25) is 9.59 Å². The first-order valence-corrected chi connectivity index (χ1v) is 11.0. The van der Waals surface area contributed by atoms with Crippen molar-refractivity contribution >= 4 is 23.2 Å². The number of carbonyl (C=O) groups is 2. The zero-order valence-electron chi connectivity index (χ0n) is 19.5. The molecule has 0 radical (unpaired) electrons. The Morgan fingerprint density at radius 1 is 0.970 bits per heavy atom. The number of amides is 2. The van der Waals surface area contributed by atoms with Gasteiger partial charge in [-0.2, -0.15) is 0 Å². The largest absolute Gasteiger partial charge is 0.377 e. The van der Waals surface area contributed by atoms with E-state index in [1.807, 2.05) is 74.4 Å². The van der Waals surface area contributed by atoms with Crippen molar-refractivity contribution in [2.24, 2.45) is 0 Å². The van der Waals surface area contributed by atoms with Gasteiger partial charge in [0.15, 0.2) is 0 Å². The topological polar surface area (TPSA) is 52.7 Å². The van der Waals surface area contributed by atoms with Crippen LogP contribution in [0.1, 0.15) is 47.8 Å². The Labute approximate surface area is 194 Å². The van der Waals surface area contributed by atoms with Gasteiger partial charge >= 0.3 is 0 Å². The fraction of sp³-hybridized carbons (Fsp3) is 0.259. The van der Waals surface area contributed by atoms with E-state index in [-0.39, 0.29) is 23.7 Å². The van der Waals surface area contributed by atoms with Gasteiger partial charge in [-0.05, 0) is 60.5 Å². The van der Waals surface area contributed by atoms with Gasteiger partial charge in [0.2, 0.25) is 5.91 Å². The van der Waals surface area contributed by atoms with Gasteiger partial charge in [-0.1, -0.05) is 37.3 Å². The van der Waals surface area contributed by atoms with E-state index in [1.54, 1.807) is 11.8 Å². The molecule has 0 aromatic heterocycles. The van der Waals surface area contributed by atoms with Crippen molar-refractivity contribution in [1.82, 2.24) is 4.90 Å². The van der Waals surface area contributed by atoms with Crippen LogP contribution in [0.2, 0.25) is 0 Å². The molecule has 3 aromatic carbocycles. The van der Waals surface area contributed by atoms with E-state index in [9.17, 15) is 14.0 Å². The van der Waals surface area contributed by atoms with Crippen molar-refractivity contribution in [3.8, 4) is 0 Å². The molecular formula is C27H30FN3O2. The molecule has 172 valence electrons. The summed E-state index contributed by atoms with van der Waals surface area (Å²) in [5.41, 5.74) is 3.94. The fourth-order valence-corrected chi connectivity index (χ4v) is 3.71. The molecule has 33 heavy (non-hydrogen) atoms. The summed E-state index contributed by atoms with van der Waals surface area (Å²) in [4.78, 5) is 29.3. The molecule has 0 fully saturated rings. The number of carbonyl (C=O) groups excluding carboxylic acids is 2. The first-order chi connectivity index (χ1) is 15.8. The van der Waals surface area contributed by atoms with E-state index in [0.29, 0.717) is 24.2 Å². The maximum Gasteiger partial charge on any atom is 0.254 e. The number of nitrogens with one attached hydrogen (secondary N) is 1. The van der Waals surface area contributed by atoms with Gasteiger partial charge in [-0.25, -0.2) is 4.39 Å². The number of rotatable bonds is 8. The van der Waals surface area contributed by atoms with Crippen molar-refractivity contribution in [2.45, 2.75) is 32.9 Å². The van der Waals surface area contributed by atoms with Crippen molar-refractivity contribution in [3.63, 3.8) is 0 Å². The second kappa shape index (κ2) is 10.8. The van der Waals surface area contributed by atoms with Crippen molar-refractivity contribution < 1.29 is 14.0 Å². The lowest BCUT2D eigenvalue weighted by molar-refractivity contribution is -0.115. The Balaban J connectivity index is 2.03. The van der Waals surface area contributed by atoms with Crippen LogP contribution in [0.5, 0.6) is 0 Å². The third-order valence-electron chi connectivity index (χ3n) is 5.61. The van der Waals surface area contributed by atoms with Crippen LogP contribution in [0.3, 0.4) is 0 Å². The molecule has 0 bridgehead atoms. The lowest BCUT2D eigenvalue weighted by Gasteiger charge is -2.31. The predicted molar refractivity (Wildman–Crippen MR) is 131 cm³/mol. The lowest BCUT2D eigenvalue weighted by Crippen LogP contribution is -2.33. The molecule has 3 aromatic rings. The van der Waals surface area contributed by atoms with Crippen LogP contribution < -0.4 is 10.2 Å². The molecule has 0 unspecified atom stereocenters. The highest BCUT2D eigenvalue weighted by Crippen LogP contribution is 2.30. The third-order valence-corrected chi connectivity index (χ3v) is 5.61. The average molecular weight is 448 g/mol.